The molecule has 2 saturated carbocycles. The van der Waals surface area contributed by atoms with E-state index in [0.717, 1.165) is 36.6 Å². The summed E-state index contributed by atoms with van der Waals surface area (Å²) in [6.07, 6.45) is 5.64. The number of carboxylic acids is 1. The van der Waals surface area contributed by atoms with Crippen molar-refractivity contribution in [3.8, 4) is 0 Å². The maximum absolute atomic E-state index is 13.6. The number of carboxylic acid groups (broad SMARTS) is 1. The predicted molar refractivity (Wildman–Crippen MR) is 75.7 cm³/mol. The van der Waals surface area contributed by atoms with Gasteiger partial charge in [0.15, 0.2) is 0 Å². The van der Waals surface area contributed by atoms with Crippen molar-refractivity contribution in [1.82, 2.24) is 4.57 Å². The molecule has 2 aliphatic rings. The third-order valence-corrected chi connectivity index (χ3v) is 4.05. The molecule has 1 heterocycles. The molecule has 1 aromatic heterocycles. The summed E-state index contributed by atoms with van der Waals surface area (Å²) in [5, 5.41) is 10.7. The van der Waals surface area contributed by atoms with Crippen molar-refractivity contribution >= 4 is 16.9 Å². The highest BCUT2D eigenvalue weighted by Crippen LogP contribution is 2.37. The van der Waals surface area contributed by atoms with Crippen molar-refractivity contribution in [1.29, 1.82) is 0 Å². The van der Waals surface area contributed by atoms with Crippen LogP contribution in [0.1, 0.15) is 42.1 Å². The van der Waals surface area contributed by atoms with Crippen LogP contribution in [0.2, 0.25) is 0 Å². The van der Waals surface area contributed by atoms with Gasteiger partial charge in [-0.2, -0.15) is 0 Å². The molecule has 2 aromatic rings. The Morgan fingerprint density at radius 2 is 2.05 bits per heavy atom. The monoisotopic (exact) mass is 286 g/mol. The molecule has 2 aliphatic carbocycles. The molecule has 0 amide bonds. The number of hydrogen-bond acceptors (Lipinski definition) is 2. The first kappa shape index (κ1) is 12.6. The predicted octanol–water partition coefficient (Wildman–Crippen LogP) is 2.88. The van der Waals surface area contributed by atoms with Crippen molar-refractivity contribution in [2.75, 3.05) is 0 Å². The van der Waals surface area contributed by atoms with Gasteiger partial charge in [0.25, 0.3) is 0 Å². The number of carbonyl (C=O) groups is 1. The summed E-state index contributed by atoms with van der Waals surface area (Å²) in [6, 6.07) is 5.00. The smallest absolute Gasteiger partial charge is 0.339 e. The summed E-state index contributed by atoms with van der Waals surface area (Å²) in [5.74, 6) is -1.28. The molecule has 4 rings (SSSR count). The highest BCUT2D eigenvalue weighted by Gasteiger charge is 2.27. The molecule has 108 valence electrons. The fraction of sp³-hybridized carbons (Fsp3) is 0.375. The topological polar surface area (TPSA) is 54.6 Å². The largest absolute Gasteiger partial charge is 0.478 e. The maximum Gasteiger partial charge on any atom is 0.339 e. The third-order valence-electron chi connectivity index (χ3n) is 4.05. The van der Waals surface area contributed by atoms with Crippen LogP contribution in [0.4, 0.5) is 4.39 Å². The molecule has 21 heavy (non-hydrogen) atoms. The minimum absolute atomic E-state index is 0.216. The molecule has 0 unspecified atom stereocenters. The van der Waals surface area contributed by atoms with E-state index in [-0.39, 0.29) is 23.5 Å². The van der Waals surface area contributed by atoms with Gasteiger partial charge in [-0.3, -0.25) is 4.99 Å². The van der Waals surface area contributed by atoms with Gasteiger partial charge in [-0.15, -0.1) is 0 Å². The number of aromatic carboxylic acids is 1. The average molecular weight is 286 g/mol. The first-order chi connectivity index (χ1) is 10.1. The summed E-state index contributed by atoms with van der Waals surface area (Å²) < 4.78 is 15.5. The van der Waals surface area contributed by atoms with E-state index in [2.05, 4.69) is 4.99 Å². The van der Waals surface area contributed by atoms with Gasteiger partial charge in [0.1, 0.15) is 11.4 Å². The molecule has 0 spiro atoms. The van der Waals surface area contributed by atoms with Crippen LogP contribution in [0, 0.1) is 5.82 Å². The van der Waals surface area contributed by atoms with Gasteiger partial charge in [0.2, 0.25) is 0 Å². The van der Waals surface area contributed by atoms with E-state index < -0.39 is 5.97 Å². The van der Waals surface area contributed by atoms with Crippen LogP contribution in [-0.4, -0.2) is 21.7 Å². The van der Waals surface area contributed by atoms with E-state index in [1.165, 1.54) is 12.1 Å². The molecular weight excluding hydrogens is 271 g/mol. The highest BCUT2D eigenvalue weighted by atomic mass is 19.1. The van der Waals surface area contributed by atoms with Gasteiger partial charge < -0.3 is 9.67 Å². The Balaban J connectivity index is 2.10. The average Bonchev–Trinajstić information content (AvgIpc) is 3.32. The molecule has 0 saturated heterocycles. The molecule has 0 atom stereocenters. The van der Waals surface area contributed by atoms with Crippen molar-refractivity contribution in [2.45, 2.75) is 37.8 Å². The first-order valence-electron chi connectivity index (χ1n) is 7.25. The Morgan fingerprint density at radius 3 is 2.67 bits per heavy atom. The number of fused-ring (bicyclic) bond motifs is 1. The van der Waals surface area contributed by atoms with Crippen LogP contribution in [0.5, 0.6) is 0 Å². The molecule has 0 bridgehead atoms. The number of nitrogens with zero attached hydrogens (tertiary/aromatic N) is 2. The summed E-state index contributed by atoms with van der Waals surface area (Å²) in [6.45, 7) is 0. The van der Waals surface area contributed by atoms with Gasteiger partial charge in [0.05, 0.1) is 16.9 Å². The summed E-state index contributed by atoms with van der Waals surface area (Å²) >= 11 is 0. The van der Waals surface area contributed by atoms with Gasteiger partial charge in [-0.1, -0.05) is 0 Å². The van der Waals surface area contributed by atoms with E-state index in [1.54, 1.807) is 12.3 Å². The summed E-state index contributed by atoms with van der Waals surface area (Å²) in [5.41, 5.74) is 0.954. The third kappa shape index (κ3) is 2.22. The van der Waals surface area contributed by atoms with E-state index in [0.29, 0.717) is 5.36 Å². The van der Waals surface area contributed by atoms with Gasteiger partial charge >= 0.3 is 5.97 Å². The van der Waals surface area contributed by atoms with Crippen LogP contribution in [0.25, 0.3) is 10.9 Å². The Hall–Kier alpha value is -2.17. The fourth-order valence-electron chi connectivity index (χ4n) is 2.67. The minimum Gasteiger partial charge on any atom is -0.478 e. The molecule has 1 aromatic carbocycles. The Bertz CT molecular complexity index is 817. The minimum atomic E-state index is -0.977. The zero-order valence-electron chi connectivity index (χ0n) is 11.4. The second-order valence-corrected chi connectivity index (χ2v) is 5.86. The van der Waals surface area contributed by atoms with Crippen molar-refractivity contribution in [2.24, 2.45) is 4.99 Å². The number of rotatable bonds is 3. The number of halogens is 1. The van der Waals surface area contributed by atoms with Crippen LogP contribution in [0.15, 0.2) is 29.4 Å². The number of aromatic nitrogens is 1. The zero-order valence-corrected chi connectivity index (χ0v) is 11.4. The maximum atomic E-state index is 13.6. The SMILES string of the molecule is O=C(O)c1cn(C2CC2)c2cc(F)ccc2c1=NC1CC1. The molecule has 2 fully saturated rings. The van der Waals surface area contributed by atoms with Crippen LogP contribution < -0.4 is 5.36 Å². The van der Waals surface area contributed by atoms with E-state index in [1.807, 2.05) is 4.57 Å². The van der Waals surface area contributed by atoms with Crippen LogP contribution in [-0.2, 0) is 0 Å². The number of hydrogen-bond donors (Lipinski definition) is 1. The lowest BCUT2D eigenvalue weighted by Crippen LogP contribution is -2.21. The van der Waals surface area contributed by atoms with Gasteiger partial charge in [-0.05, 0) is 43.9 Å². The van der Waals surface area contributed by atoms with Crippen molar-refractivity contribution < 1.29 is 14.3 Å². The molecule has 0 radical (unpaired) electrons. The van der Waals surface area contributed by atoms with Crippen LogP contribution in [0.3, 0.4) is 0 Å². The summed E-state index contributed by atoms with van der Waals surface area (Å²) in [4.78, 5) is 16.1. The summed E-state index contributed by atoms with van der Waals surface area (Å²) in [7, 11) is 0. The quantitative estimate of drug-likeness (QED) is 0.943. The van der Waals surface area contributed by atoms with Crippen LogP contribution >= 0.6 is 0 Å². The van der Waals surface area contributed by atoms with Crippen molar-refractivity contribution in [3.63, 3.8) is 0 Å². The second-order valence-electron chi connectivity index (χ2n) is 5.86. The number of benzene rings is 1. The van der Waals surface area contributed by atoms with E-state index in [4.69, 9.17) is 0 Å². The fourth-order valence-corrected chi connectivity index (χ4v) is 2.67. The normalized spacial score (nSPS) is 19.2. The van der Waals surface area contributed by atoms with Gasteiger partial charge in [0, 0.05) is 17.6 Å². The van der Waals surface area contributed by atoms with E-state index >= 15 is 0 Å². The molecule has 0 aliphatic heterocycles. The Kier molecular flexibility index (Phi) is 2.64. The lowest BCUT2D eigenvalue weighted by molar-refractivity contribution is 0.0694. The first-order valence-corrected chi connectivity index (χ1v) is 7.25. The highest BCUT2D eigenvalue weighted by molar-refractivity contribution is 5.92. The van der Waals surface area contributed by atoms with Gasteiger partial charge in [-0.25, -0.2) is 9.18 Å². The van der Waals surface area contributed by atoms with Crippen molar-refractivity contribution in [3.05, 3.63) is 41.1 Å². The number of pyridine rings is 1. The molecule has 5 heteroatoms. The van der Waals surface area contributed by atoms with E-state index in [9.17, 15) is 14.3 Å². The zero-order chi connectivity index (χ0) is 14.6. The second kappa shape index (κ2) is 4.41. The Morgan fingerprint density at radius 1 is 1.29 bits per heavy atom. The Labute approximate surface area is 120 Å². The molecular formula is C16H15FN2O2. The lowest BCUT2D eigenvalue weighted by Gasteiger charge is -2.13. The molecule has 1 N–H and O–H groups in total. The standard InChI is InChI=1S/C16H15FN2O2/c17-9-1-6-12-14(7-9)19(11-4-5-11)8-13(16(20)21)15(12)18-10-2-3-10/h1,6-8,10-11H,2-5H2,(H,20,21). The molecule has 4 nitrogen and oxygen atoms in total. The lowest BCUT2D eigenvalue weighted by atomic mass is 10.1.